The van der Waals surface area contributed by atoms with Gasteiger partial charge in [0.05, 0.1) is 15.5 Å². The zero-order valence-corrected chi connectivity index (χ0v) is 12.8. The minimum atomic E-state index is -3.92. The number of pyridine rings is 1. The van der Waals surface area contributed by atoms with E-state index in [1.165, 1.54) is 30.5 Å². The van der Waals surface area contributed by atoms with E-state index in [-0.39, 0.29) is 22.1 Å². The van der Waals surface area contributed by atoms with Crippen molar-refractivity contribution in [1.82, 2.24) is 4.98 Å². The molecule has 0 atom stereocenters. The second kappa shape index (κ2) is 5.66. The molecule has 0 aliphatic carbocycles. The number of aromatic nitrogens is 1. The van der Waals surface area contributed by atoms with Crippen molar-refractivity contribution in [2.45, 2.75) is 4.90 Å². The second-order valence-corrected chi connectivity index (χ2v) is 6.48. The van der Waals surface area contributed by atoms with Gasteiger partial charge in [0.2, 0.25) is 0 Å². The lowest BCUT2D eigenvalue weighted by Crippen LogP contribution is -2.14. The molecule has 0 saturated heterocycles. The maximum absolute atomic E-state index is 12.2. The zero-order valence-electron chi connectivity index (χ0n) is 10.4. The van der Waals surface area contributed by atoms with E-state index in [9.17, 15) is 18.5 Å². The van der Waals surface area contributed by atoms with Gasteiger partial charge in [0.25, 0.3) is 15.7 Å². The highest BCUT2D eigenvalue weighted by atomic mass is 79.9. The Hall–Kier alpha value is -2.20. The number of hydrogen-bond acceptors (Lipinski definition) is 6. The van der Waals surface area contributed by atoms with Crippen LogP contribution in [0.2, 0.25) is 0 Å². The van der Waals surface area contributed by atoms with E-state index in [1.54, 1.807) is 0 Å². The number of nitro groups is 1. The van der Waals surface area contributed by atoms with Crippen molar-refractivity contribution >= 4 is 43.1 Å². The number of sulfonamides is 1. The molecule has 0 amide bonds. The highest BCUT2D eigenvalue weighted by Crippen LogP contribution is 2.29. The molecule has 2 aromatic rings. The van der Waals surface area contributed by atoms with Gasteiger partial charge in [0.1, 0.15) is 5.82 Å². The highest BCUT2D eigenvalue weighted by molar-refractivity contribution is 9.10. The predicted octanol–water partition coefficient (Wildman–Crippen LogP) is 2.14. The Labute approximate surface area is 128 Å². The number of benzene rings is 1. The summed E-state index contributed by atoms with van der Waals surface area (Å²) in [6, 6.07) is 6.22. The molecule has 0 spiro atoms. The number of nitrogen functional groups attached to an aromatic ring is 1. The summed E-state index contributed by atoms with van der Waals surface area (Å²) in [5.41, 5.74) is 5.26. The Balaban J connectivity index is 2.41. The molecule has 0 fully saturated rings. The summed E-state index contributed by atoms with van der Waals surface area (Å²) in [5.74, 6) is 0.0518. The Morgan fingerprint density at radius 3 is 2.62 bits per heavy atom. The van der Waals surface area contributed by atoms with Crippen molar-refractivity contribution in [2.24, 2.45) is 0 Å². The van der Waals surface area contributed by atoms with Gasteiger partial charge in [-0.2, -0.15) is 0 Å². The number of non-ortho nitro benzene ring substituents is 1. The minimum Gasteiger partial charge on any atom is -0.384 e. The van der Waals surface area contributed by atoms with Crippen molar-refractivity contribution in [1.29, 1.82) is 0 Å². The molecule has 21 heavy (non-hydrogen) atoms. The summed E-state index contributed by atoms with van der Waals surface area (Å²) in [6.45, 7) is 0. The first-order valence-corrected chi connectivity index (χ1v) is 7.75. The van der Waals surface area contributed by atoms with E-state index in [2.05, 4.69) is 25.6 Å². The topological polar surface area (TPSA) is 128 Å². The summed E-state index contributed by atoms with van der Waals surface area (Å²) < 4.78 is 27.0. The molecular formula is C11H9BrN4O4S. The van der Waals surface area contributed by atoms with Gasteiger partial charge >= 0.3 is 0 Å². The fourth-order valence-electron chi connectivity index (χ4n) is 1.50. The third-order valence-electron chi connectivity index (χ3n) is 2.47. The zero-order chi connectivity index (χ0) is 15.6. The smallest absolute Gasteiger partial charge is 0.271 e. The summed E-state index contributed by atoms with van der Waals surface area (Å²) in [6.07, 6.45) is 1.26. The molecule has 0 saturated carbocycles. The maximum atomic E-state index is 12.2. The Morgan fingerprint density at radius 2 is 2.00 bits per heavy atom. The van der Waals surface area contributed by atoms with Gasteiger partial charge in [-0.3, -0.25) is 14.8 Å². The third-order valence-corrected chi connectivity index (χ3v) is 4.52. The molecule has 0 bridgehead atoms. The average Bonchev–Trinajstić information content (AvgIpc) is 2.41. The standard InChI is InChI=1S/C11H9BrN4O4S/c12-9-2-1-7(16(17)18)5-10(9)15-21(19,20)8-3-4-14-11(13)6-8/h1-6,15H,(H2,13,14). The first-order valence-electron chi connectivity index (χ1n) is 5.48. The van der Waals surface area contributed by atoms with Gasteiger partial charge in [-0.1, -0.05) is 0 Å². The maximum Gasteiger partial charge on any atom is 0.271 e. The summed E-state index contributed by atoms with van der Waals surface area (Å²) >= 11 is 3.13. The normalized spacial score (nSPS) is 11.1. The number of nitro benzene ring substituents is 1. The largest absolute Gasteiger partial charge is 0.384 e. The van der Waals surface area contributed by atoms with E-state index in [0.29, 0.717) is 4.47 Å². The van der Waals surface area contributed by atoms with Crippen LogP contribution in [0.3, 0.4) is 0 Å². The number of nitrogens with zero attached hydrogens (tertiary/aromatic N) is 2. The Bertz CT molecular complexity index is 810. The lowest BCUT2D eigenvalue weighted by molar-refractivity contribution is -0.384. The van der Waals surface area contributed by atoms with Gasteiger partial charge in [-0.15, -0.1) is 0 Å². The summed E-state index contributed by atoms with van der Waals surface area (Å²) in [7, 11) is -3.92. The average molecular weight is 373 g/mol. The van der Waals surface area contributed by atoms with Crippen molar-refractivity contribution in [3.05, 3.63) is 51.1 Å². The van der Waals surface area contributed by atoms with Crippen LogP contribution in [-0.2, 0) is 10.0 Å². The summed E-state index contributed by atoms with van der Waals surface area (Å²) in [4.78, 5) is 13.7. The lowest BCUT2D eigenvalue weighted by Gasteiger charge is -2.09. The van der Waals surface area contributed by atoms with E-state index < -0.39 is 14.9 Å². The fourth-order valence-corrected chi connectivity index (χ4v) is 3.07. The molecule has 1 heterocycles. The molecular weight excluding hydrogens is 364 g/mol. The SMILES string of the molecule is Nc1cc(S(=O)(=O)Nc2cc([N+](=O)[O-])ccc2Br)ccn1. The highest BCUT2D eigenvalue weighted by Gasteiger charge is 2.18. The van der Waals surface area contributed by atoms with E-state index in [1.807, 2.05) is 0 Å². The third kappa shape index (κ3) is 3.47. The molecule has 0 radical (unpaired) electrons. The minimum absolute atomic E-state index is 0.0518. The molecule has 0 aliphatic heterocycles. The predicted molar refractivity (Wildman–Crippen MR) is 80.3 cm³/mol. The quantitative estimate of drug-likeness (QED) is 0.624. The van der Waals surface area contributed by atoms with Crippen LogP contribution in [0.5, 0.6) is 0 Å². The monoisotopic (exact) mass is 372 g/mol. The summed E-state index contributed by atoms with van der Waals surface area (Å²) in [5, 5.41) is 10.7. The fraction of sp³-hybridized carbons (Fsp3) is 0. The van der Waals surface area contributed by atoms with E-state index >= 15 is 0 Å². The molecule has 1 aromatic carbocycles. The molecule has 3 N–H and O–H groups in total. The van der Waals surface area contributed by atoms with E-state index in [0.717, 1.165) is 6.07 Å². The van der Waals surface area contributed by atoms with Crippen LogP contribution in [-0.4, -0.2) is 18.3 Å². The first-order chi connectivity index (χ1) is 9.79. The number of hydrogen-bond donors (Lipinski definition) is 2. The van der Waals surface area contributed by atoms with Crippen LogP contribution in [0, 0.1) is 10.1 Å². The first kappa shape index (κ1) is 15.2. The van der Waals surface area contributed by atoms with Crippen LogP contribution in [0.4, 0.5) is 17.2 Å². The van der Waals surface area contributed by atoms with Crippen LogP contribution in [0.25, 0.3) is 0 Å². The van der Waals surface area contributed by atoms with Gasteiger partial charge in [-0.05, 0) is 28.1 Å². The van der Waals surface area contributed by atoms with Crippen LogP contribution >= 0.6 is 15.9 Å². The second-order valence-electron chi connectivity index (χ2n) is 3.94. The molecule has 1 aromatic heterocycles. The number of anilines is 2. The van der Waals surface area contributed by atoms with E-state index in [4.69, 9.17) is 5.73 Å². The van der Waals surface area contributed by atoms with Gasteiger partial charge in [-0.25, -0.2) is 13.4 Å². The Morgan fingerprint density at radius 1 is 1.29 bits per heavy atom. The van der Waals surface area contributed by atoms with Crippen LogP contribution in [0.1, 0.15) is 0 Å². The molecule has 0 aliphatic rings. The molecule has 0 unspecified atom stereocenters. The molecule has 10 heteroatoms. The van der Waals surface area contributed by atoms with Crippen molar-refractivity contribution < 1.29 is 13.3 Å². The number of nitrogens with one attached hydrogen (secondary N) is 1. The van der Waals surface area contributed by atoms with Gasteiger partial charge in [0.15, 0.2) is 0 Å². The molecule has 110 valence electrons. The van der Waals surface area contributed by atoms with Crippen molar-refractivity contribution in [3.8, 4) is 0 Å². The Kier molecular flexibility index (Phi) is 4.09. The lowest BCUT2D eigenvalue weighted by atomic mass is 10.3. The number of nitrogens with two attached hydrogens (primary N) is 1. The van der Waals surface area contributed by atoms with Crippen LogP contribution < -0.4 is 10.5 Å². The van der Waals surface area contributed by atoms with Crippen molar-refractivity contribution in [2.75, 3.05) is 10.5 Å². The van der Waals surface area contributed by atoms with Crippen molar-refractivity contribution in [3.63, 3.8) is 0 Å². The number of rotatable bonds is 4. The molecule has 8 nitrogen and oxygen atoms in total. The van der Waals surface area contributed by atoms with Gasteiger partial charge in [0, 0.05) is 28.9 Å². The molecule has 2 rings (SSSR count). The van der Waals surface area contributed by atoms with Gasteiger partial charge < -0.3 is 5.73 Å². The number of halogens is 1. The van der Waals surface area contributed by atoms with Crippen LogP contribution in [0.15, 0.2) is 45.9 Å².